The monoisotopic (exact) mass is 346 g/mol. The normalized spacial score (nSPS) is 24.0. The molecule has 138 valence electrons. The van der Waals surface area contributed by atoms with Crippen LogP contribution in [0.15, 0.2) is 24.3 Å². The van der Waals surface area contributed by atoms with Crippen LogP contribution in [0.1, 0.15) is 38.2 Å². The first-order chi connectivity index (χ1) is 12.2. The highest BCUT2D eigenvalue weighted by molar-refractivity contribution is 5.78. The highest BCUT2D eigenvalue weighted by Gasteiger charge is 2.38. The first-order valence-electron chi connectivity index (χ1n) is 9.47. The predicted octanol–water partition coefficient (Wildman–Crippen LogP) is 2.69. The molecule has 1 aromatic carbocycles. The van der Waals surface area contributed by atoms with Crippen molar-refractivity contribution in [3.8, 4) is 5.75 Å². The molecular weight excluding hydrogens is 316 g/mol. The van der Waals surface area contributed by atoms with E-state index in [1.165, 1.54) is 19.4 Å². The second-order valence-electron chi connectivity index (χ2n) is 6.98. The van der Waals surface area contributed by atoms with Crippen molar-refractivity contribution in [2.24, 2.45) is 0 Å². The van der Waals surface area contributed by atoms with Gasteiger partial charge in [0.05, 0.1) is 13.7 Å². The van der Waals surface area contributed by atoms with E-state index in [4.69, 9.17) is 9.47 Å². The number of likely N-dealkylation sites (tertiary alicyclic amines) is 2. The van der Waals surface area contributed by atoms with Crippen molar-refractivity contribution in [2.45, 2.75) is 51.3 Å². The minimum absolute atomic E-state index is 0.133. The van der Waals surface area contributed by atoms with Gasteiger partial charge in [-0.25, -0.2) is 0 Å². The van der Waals surface area contributed by atoms with E-state index in [-0.39, 0.29) is 12.5 Å². The number of ether oxygens (including phenoxy) is 2. The third-order valence-corrected chi connectivity index (χ3v) is 5.51. The quantitative estimate of drug-likeness (QED) is 0.761. The summed E-state index contributed by atoms with van der Waals surface area (Å²) in [7, 11) is 1.65. The number of hydrogen-bond acceptors (Lipinski definition) is 4. The van der Waals surface area contributed by atoms with Gasteiger partial charge in [0, 0.05) is 18.6 Å². The molecule has 0 aromatic heterocycles. The molecule has 2 aliphatic rings. The summed E-state index contributed by atoms with van der Waals surface area (Å²) >= 11 is 0. The molecule has 1 amide bonds. The van der Waals surface area contributed by atoms with Gasteiger partial charge in [-0.15, -0.1) is 0 Å². The van der Waals surface area contributed by atoms with Crippen molar-refractivity contribution in [3.05, 3.63) is 29.8 Å². The van der Waals surface area contributed by atoms with Crippen LogP contribution in [0.3, 0.4) is 0 Å². The second-order valence-corrected chi connectivity index (χ2v) is 6.98. The zero-order valence-corrected chi connectivity index (χ0v) is 15.4. The topological polar surface area (TPSA) is 42.0 Å². The highest BCUT2D eigenvalue weighted by atomic mass is 16.5. The Balaban J connectivity index is 1.51. The van der Waals surface area contributed by atoms with E-state index < -0.39 is 0 Å². The Morgan fingerprint density at radius 2 is 2.00 bits per heavy atom. The van der Waals surface area contributed by atoms with Gasteiger partial charge in [0.25, 0.3) is 0 Å². The number of amides is 1. The number of carbonyl (C=O) groups excluding carboxylic acids is 1. The lowest BCUT2D eigenvalue weighted by molar-refractivity contribution is -0.138. The molecule has 0 unspecified atom stereocenters. The third kappa shape index (κ3) is 4.33. The molecule has 0 saturated carbocycles. The van der Waals surface area contributed by atoms with Gasteiger partial charge in [-0.2, -0.15) is 0 Å². The molecule has 0 spiro atoms. The Morgan fingerprint density at radius 3 is 2.80 bits per heavy atom. The molecule has 2 fully saturated rings. The molecule has 1 aromatic rings. The van der Waals surface area contributed by atoms with Crippen LogP contribution in [-0.2, 0) is 16.1 Å². The fourth-order valence-corrected chi connectivity index (χ4v) is 4.28. The first-order valence-corrected chi connectivity index (χ1v) is 9.47. The van der Waals surface area contributed by atoms with Gasteiger partial charge in [0.2, 0.25) is 5.91 Å². The number of hydrogen-bond donors (Lipinski definition) is 0. The Labute approximate surface area is 150 Å². The summed E-state index contributed by atoms with van der Waals surface area (Å²) in [6.07, 6.45) is 4.71. The van der Waals surface area contributed by atoms with Gasteiger partial charge in [0.15, 0.2) is 0 Å². The zero-order valence-electron chi connectivity index (χ0n) is 15.4. The zero-order chi connectivity index (χ0) is 17.6. The number of methoxy groups -OCH3 is 1. The first kappa shape index (κ1) is 18.2. The van der Waals surface area contributed by atoms with Gasteiger partial charge >= 0.3 is 0 Å². The van der Waals surface area contributed by atoms with E-state index in [2.05, 4.69) is 16.7 Å². The van der Waals surface area contributed by atoms with Crippen molar-refractivity contribution in [3.63, 3.8) is 0 Å². The van der Waals surface area contributed by atoms with Crippen LogP contribution < -0.4 is 4.74 Å². The van der Waals surface area contributed by atoms with Crippen molar-refractivity contribution < 1.29 is 14.3 Å². The van der Waals surface area contributed by atoms with E-state index in [1.54, 1.807) is 7.11 Å². The Bertz CT molecular complexity index is 578. The summed E-state index contributed by atoms with van der Waals surface area (Å²) in [4.78, 5) is 17.3. The second kappa shape index (κ2) is 8.68. The van der Waals surface area contributed by atoms with E-state index in [9.17, 15) is 4.79 Å². The van der Waals surface area contributed by atoms with Gasteiger partial charge in [0.1, 0.15) is 12.4 Å². The van der Waals surface area contributed by atoms with Crippen LogP contribution in [0.5, 0.6) is 5.75 Å². The summed E-state index contributed by atoms with van der Waals surface area (Å²) < 4.78 is 10.9. The molecule has 0 N–H and O–H groups in total. The minimum Gasteiger partial charge on any atom is -0.497 e. The minimum atomic E-state index is 0.133. The molecule has 0 bridgehead atoms. The molecule has 2 aliphatic heterocycles. The van der Waals surface area contributed by atoms with Gasteiger partial charge < -0.3 is 14.4 Å². The molecule has 2 saturated heterocycles. The van der Waals surface area contributed by atoms with Crippen LogP contribution in [0.25, 0.3) is 0 Å². The van der Waals surface area contributed by atoms with E-state index in [1.807, 2.05) is 24.3 Å². The lowest BCUT2D eigenvalue weighted by Crippen LogP contribution is -2.49. The number of nitrogens with zero attached hydrogens (tertiary/aromatic N) is 2. The Morgan fingerprint density at radius 1 is 1.20 bits per heavy atom. The Kier molecular flexibility index (Phi) is 6.32. The SMILES string of the molecule is CCN1CCC[C@H]1[C@H]1CCCN1C(=O)COCc1cccc(OC)c1. The predicted molar refractivity (Wildman–Crippen MR) is 97.7 cm³/mol. The third-order valence-electron chi connectivity index (χ3n) is 5.51. The summed E-state index contributed by atoms with van der Waals surface area (Å²) in [6.45, 7) is 5.94. The molecule has 0 aliphatic carbocycles. The molecule has 2 atom stereocenters. The van der Waals surface area contributed by atoms with Crippen molar-refractivity contribution in [1.29, 1.82) is 0 Å². The largest absolute Gasteiger partial charge is 0.497 e. The summed E-state index contributed by atoms with van der Waals surface area (Å²) in [6, 6.07) is 8.69. The number of benzene rings is 1. The molecule has 0 radical (unpaired) electrons. The number of carbonyl (C=O) groups is 1. The molecule has 5 nitrogen and oxygen atoms in total. The average molecular weight is 346 g/mol. The smallest absolute Gasteiger partial charge is 0.248 e. The fourth-order valence-electron chi connectivity index (χ4n) is 4.28. The molecule has 5 heteroatoms. The maximum absolute atomic E-state index is 12.7. The summed E-state index contributed by atoms with van der Waals surface area (Å²) in [5.74, 6) is 0.946. The van der Waals surface area contributed by atoms with Crippen LogP contribution >= 0.6 is 0 Å². The maximum atomic E-state index is 12.7. The van der Waals surface area contributed by atoms with Crippen molar-refractivity contribution in [1.82, 2.24) is 9.80 Å². The van der Waals surface area contributed by atoms with Gasteiger partial charge in [-0.1, -0.05) is 19.1 Å². The molecular formula is C20H30N2O3. The van der Waals surface area contributed by atoms with Crippen LogP contribution in [0, 0.1) is 0 Å². The van der Waals surface area contributed by atoms with E-state index in [0.717, 1.165) is 37.2 Å². The van der Waals surface area contributed by atoms with Crippen LogP contribution in [0.2, 0.25) is 0 Å². The van der Waals surface area contributed by atoms with E-state index in [0.29, 0.717) is 18.7 Å². The van der Waals surface area contributed by atoms with Crippen molar-refractivity contribution in [2.75, 3.05) is 33.4 Å². The van der Waals surface area contributed by atoms with Gasteiger partial charge in [-0.05, 0) is 56.5 Å². The summed E-state index contributed by atoms with van der Waals surface area (Å²) in [5, 5.41) is 0. The van der Waals surface area contributed by atoms with Crippen molar-refractivity contribution >= 4 is 5.91 Å². The van der Waals surface area contributed by atoms with Crippen LogP contribution in [-0.4, -0.2) is 61.1 Å². The average Bonchev–Trinajstić information content (AvgIpc) is 3.30. The molecule has 3 rings (SSSR count). The fraction of sp³-hybridized carbons (Fsp3) is 0.650. The summed E-state index contributed by atoms with van der Waals surface area (Å²) in [5.41, 5.74) is 1.03. The number of likely N-dealkylation sites (N-methyl/N-ethyl adjacent to an activating group) is 1. The molecule has 25 heavy (non-hydrogen) atoms. The molecule has 2 heterocycles. The van der Waals surface area contributed by atoms with Crippen LogP contribution in [0.4, 0.5) is 0 Å². The lowest BCUT2D eigenvalue weighted by atomic mass is 10.0. The Hall–Kier alpha value is -1.59. The van der Waals surface area contributed by atoms with Gasteiger partial charge in [-0.3, -0.25) is 9.69 Å². The maximum Gasteiger partial charge on any atom is 0.248 e. The standard InChI is InChI=1S/C20H30N2O3/c1-3-21-11-5-9-18(21)19-10-6-12-22(19)20(23)15-25-14-16-7-4-8-17(13-16)24-2/h4,7-8,13,18-19H,3,5-6,9-12,14-15H2,1-2H3/t18-,19+/m0/s1. The lowest BCUT2D eigenvalue weighted by Gasteiger charge is -2.34. The highest BCUT2D eigenvalue weighted by Crippen LogP contribution is 2.29. The van der Waals surface area contributed by atoms with E-state index >= 15 is 0 Å². The number of rotatable bonds is 7.